The highest BCUT2D eigenvalue weighted by molar-refractivity contribution is 5.26. The fourth-order valence-electron chi connectivity index (χ4n) is 1.31. The Balaban J connectivity index is 2.77. The van der Waals surface area contributed by atoms with Crippen molar-refractivity contribution >= 4 is 0 Å². The van der Waals surface area contributed by atoms with E-state index < -0.39 is 18.0 Å². The van der Waals surface area contributed by atoms with E-state index >= 15 is 0 Å². The number of nitrogens with zero attached hydrogens (tertiary/aromatic N) is 5. The minimum atomic E-state index is -1.35. The first-order valence-electron chi connectivity index (χ1n) is 5.02. The number of aliphatic hydroxyl groups excluding tert-OH is 2. The molecular weight excluding hydrogens is 241 g/mol. The number of hydrogen-bond donors (Lipinski definition) is 2. The third kappa shape index (κ3) is 3.40. The van der Waals surface area contributed by atoms with Crippen molar-refractivity contribution < 1.29 is 14.6 Å². The summed E-state index contributed by atoms with van der Waals surface area (Å²) in [5, 5.41) is 31.0. The number of aliphatic hydroxyl groups is 2. The molecule has 2 N–H and O–H groups in total. The topological polar surface area (TPSA) is 126 Å². The normalized spacial score (nSPS) is 13.2. The van der Waals surface area contributed by atoms with Crippen LogP contribution in [0, 0.1) is 17.1 Å². The number of rotatable bonds is 5. The summed E-state index contributed by atoms with van der Waals surface area (Å²) in [7, 11) is 0. The van der Waals surface area contributed by atoms with E-state index in [1.807, 2.05) is 0 Å². The SMILES string of the molecule is N#Cc1ncc(C(O)C(O)CCN=[N+]=[N-])cc1F. The van der Waals surface area contributed by atoms with Crippen LogP contribution in [0.5, 0.6) is 0 Å². The average Bonchev–Trinajstić information content (AvgIpc) is 2.38. The smallest absolute Gasteiger partial charge is 0.176 e. The molecule has 18 heavy (non-hydrogen) atoms. The van der Waals surface area contributed by atoms with Crippen LogP contribution in [0.1, 0.15) is 23.8 Å². The highest BCUT2D eigenvalue weighted by Crippen LogP contribution is 2.19. The fraction of sp³-hybridized carbons (Fsp3) is 0.400. The van der Waals surface area contributed by atoms with Crippen molar-refractivity contribution in [1.82, 2.24) is 4.98 Å². The summed E-state index contributed by atoms with van der Waals surface area (Å²) >= 11 is 0. The van der Waals surface area contributed by atoms with Gasteiger partial charge in [0.15, 0.2) is 11.5 Å². The monoisotopic (exact) mass is 251 g/mol. The first-order valence-corrected chi connectivity index (χ1v) is 5.02. The van der Waals surface area contributed by atoms with Gasteiger partial charge in [0, 0.05) is 23.2 Å². The Morgan fingerprint density at radius 2 is 2.33 bits per heavy atom. The van der Waals surface area contributed by atoms with E-state index in [1.165, 1.54) is 0 Å². The maximum absolute atomic E-state index is 13.2. The highest BCUT2D eigenvalue weighted by Gasteiger charge is 2.19. The molecule has 1 aromatic rings. The molecule has 1 heterocycles. The standard InChI is InChI=1S/C10H10FN5O2/c11-7-3-6(5-14-8(7)4-12)10(18)9(17)1-2-15-16-13/h3,5,9-10,17-18H,1-2H2. The molecule has 0 aromatic carbocycles. The summed E-state index contributed by atoms with van der Waals surface area (Å²) in [6.45, 7) is 0.0148. The van der Waals surface area contributed by atoms with E-state index in [-0.39, 0.29) is 24.2 Å². The summed E-state index contributed by atoms with van der Waals surface area (Å²) in [5.41, 5.74) is 7.73. The van der Waals surface area contributed by atoms with Crippen molar-refractivity contribution in [2.45, 2.75) is 18.6 Å². The zero-order valence-electron chi connectivity index (χ0n) is 9.23. The van der Waals surface area contributed by atoms with Gasteiger partial charge in [-0.3, -0.25) is 0 Å². The summed E-state index contributed by atoms with van der Waals surface area (Å²) in [4.78, 5) is 6.01. The Hall–Kier alpha value is -2.20. The largest absolute Gasteiger partial charge is 0.390 e. The fourth-order valence-corrected chi connectivity index (χ4v) is 1.31. The third-order valence-electron chi connectivity index (χ3n) is 2.26. The maximum Gasteiger partial charge on any atom is 0.176 e. The van der Waals surface area contributed by atoms with Gasteiger partial charge in [0.2, 0.25) is 0 Å². The van der Waals surface area contributed by atoms with Gasteiger partial charge in [-0.15, -0.1) is 0 Å². The average molecular weight is 251 g/mol. The number of nitriles is 1. The van der Waals surface area contributed by atoms with E-state index in [2.05, 4.69) is 15.0 Å². The van der Waals surface area contributed by atoms with Crippen LogP contribution in [-0.4, -0.2) is 27.8 Å². The second-order valence-electron chi connectivity index (χ2n) is 3.47. The van der Waals surface area contributed by atoms with Crippen LogP contribution in [0.15, 0.2) is 17.4 Å². The molecule has 2 atom stereocenters. The van der Waals surface area contributed by atoms with Crippen LogP contribution in [-0.2, 0) is 0 Å². The molecule has 0 bridgehead atoms. The molecule has 0 saturated carbocycles. The molecular formula is C10H10FN5O2. The van der Waals surface area contributed by atoms with Gasteiger partial charge < -0.3 is 10.2 Å². The Labute approximate surface area is 102 Å². The molecule has 7 nitrogen and oxygen atoms in total. The van der Waals surface area contributed by atoms with Gasteiger partial charge in [-0.1, -0.05) is 5.11 Å². The molecule has 1 rings (SSSR count). The van der Waals surface area contributed by atoms with Crippen LogP contribution in [0.25, 0.3) is 10.4 Å². The van der Waals surface area contributed by atoms with E-state index in [1.54, 1.807) is 6.07 Å². The molecule has 0 radical (unpaired) electrons. The van der Waals surface area contributed by atoms with Gasteiger partial charge in [-0.05, 0) is 18.0 Å². The molecule has 0 spiro atoms. The van der Waals surface area contributed by atoms with E-state index in [9.17, 15) is 14.6 Å². The summed E-state index contributed by atoms with van der Waals surface area (Å²) < 4.78 is 13.2. The number of pyridine rings is 1. The number of halogens is 1. The van der Waals surface area contributed by atoms with Crippen LogP contribution < -0.4 is 0 Å². The molecule has 94 valence electrons. The van der Waals surface area contributed by atoms with Crippen LogP contribution in [0.3, 0.4) is 0 Å². The molecule has 8 heteroatoms. The lowest BCUT2D eigenvalue weighted by Crippen LogP contribution is -2.19. The zero-order valence-corrected chi connectivity index (χ0v) is 9.23. The molecule has 0 aliphatic carbocycles. The van der Waals surface area contributed by atoms with E-state index in [4.69, 9.17) is 10.8 Å². The van der Waals surface area contributed by atoms with E-state index in [0.29, 0.717) is 0 Å². The lowest BCUT2D eigenvalue weighted by atomic mass is 10.0. The number of hydrogen-bond acceptors (Lipinski definition) is 5. The Kier molecular flexibility index (Phi) is 5.02. The molecule has 0 aliphatic heterocycles. The lowest BCUT2D eigenvalue weighted by Gasteiger charge is -2.17. The predicted octanol–water partition coefficient (Wildman–Crippen LogP) is 1.19. The summed E-state index contributed by atoms with van der Waals surface area (Å²) in [5.74, 6) is -0.865. The molecule has 0 fully saturated rings. The van der Waals surface area contributed by atoms with Crippen molar-refractivity contribution in [2.24, 2.45) is 5.11 Å². The first kappa shape index (κ1) is 13.9. The van der Waals surface area contributed by atoms with Crippen molar-refractivity contribution in [3.05, 3.63) is 39.8 Å². The second-order valence-corrected chi connectivity index (χ2v) is 3.47. The maximum atomic E-state index is 13.2. The van der Waals surface area contributed by atoms with Crippen molar-refractivity contribution in [3.8, 4) is 6.07 Å². The van der Waals surface area contributed by atoms with E-state index in [0.717, 1.165) is 12.3 Å². The van der Waals surface area contributed by atoms with Gasteiger partial charge in [-0.2, -0.15) is 5.26 Å². The Morgan fingerprint density at radius 3 is 2.89 bits per heavy atom. The minimum absolute atomic E-state index is 0.0148. The zero-order chi connectivity index (χ0) is 13.5. The van der Waals surface area contributed by atoms with Crippen molar-refractivity contribution in [3.63, 3.8) is 0 Å². The Morgan fingerprint density at radius 1 is 1.61 bits per heavy atom. The first-order chi connectivity index (χ1) is 8.60. The minimum Gasteiger partial charge on any atom is -0.390 e. The van der Waals surface area contributed by atoms with Gasteiger partial charge in [-0.25, -0.2) is 9.37 Å². The molecule has 1 aromatic heterocycles. The van der Waals surface area contributed by atoms with Crippen LogP contribution in [0.2, 0.25) is 0 Å². The van der Waals surface area contributed by atoms with Gasteiger partial charge >= 0.3 is 0 Å². The molecule has 0 amide bonds. The Bertz CT molecular complexity index is 509. The quantitative estimate of drug-likeness (QED) is 0.463. The second kappa shape index (κ2) is 6.51. The highest BCUT2D eigenvalue weighted by atomic mass is 19.1. The molecule has 2 unspecified atom stereocenters. The summed E-state index contributed by atoms with van der Waals surface area (Å²) in [6, 6.07) is 2.48. The number of aromatic nitrogens is 1. The van der Waals surface area contributed by atoms with Gasteiger partial charge in [0.1, 0.15) is 12.2 Å². The van der Waals surface area contributed by atoms with Crippen molar-refractivity contribution in [2.75, 3.05) is 6.54 Å². The lowest BCUT2D eigenvalue weighted by molar-refractivity contribution is 0.0146. The van der Waals surface area contributed by atoms with Crippen molar-refractivity contribution in [1.29, 1.82) is 5.26 Å². The van der Waals surface area contributed by atoms with Gasteiger partial charge in [0.25, 0.3) is 0 Å². The molecule has 0 aliphatic rings. The summed E-state index contributed by atoms with van der Waals surface area (Å²) in [6.07, 6.45) is -1.41. The predicted molar refractivity (Wildman–Crippen MR) is 58.5 cm³/mol. The number of azide groups is 1. The van der Waals surface area contributed by atoms with Gasteiger partial charge in [0.05, 0.1) is 6.10 Å². The van der Waals surface area contributed by atoms with Crippen LogP contribution in [0.4, 0.5) is 4.39 Å². The molecule has 0 saturated heterocycles. The van der Waals surface area contributed by atoms with Crippen LogP contribution >= 0.6 is 0 Å². The third-order valence-corrected chi connectivity index (χ3v) is 2.26.